The number of nitrogens with zero attached hydrogens (tertiary/aromatic N) is 2. The number of hydrogen-bond acceptors (Lipinski definition) is 4. The third-order valence-electron chi connectivity index (χ3n) is 2.96. The van der Waals surface area contributed by atoms with Gasteiger partial charge in [-0.25, -0.2) is 5.43 Å². The van der Waals surface area contributed by atoms with Crippen molar-refractivity contribution < 1.29 is 9.72 Å². The molecule has 22 heavy (non-hydrogen) atoms. The highest BCUT2D eigenvalue weighted by Crippen LogP contribution is 2.24. The van der Waals surface area contributed by atoms with Crippen molar-refractivity contribution in [2.24, 2.45) is 5.10 Å². The van der Waals surface area contributed by atoms with E-state index >= 15 is 0 Å². The number of aryl methyl sites for hydroxylation is 1. The van der Waals surface area contributed by atoms with Gasteiger partial charge >= 0.3 is 0 Å². The number of benzene rings is 2. The molecule has 7 heteroatoms. The van der Waals surface area contributed by atoms with Crippen LogP contribution in [0.4, 0.5) is 5.69 Å². The van der Waals surface area contributed by atoms with Gasteiger partial charge in [0, 0.05) is 11.6 Å². The first kappa shape index (κ1) is 15.7. The minimum Gasteiger partial charge on any atom is -0.267 e. The van der Waals surface area contributed by atoms with Crippen molar-refractivity contribution in [2.45, 2.75) is 6.92 Å². The summed E-state index contributed by atoms with van der Waals surface area (Å²) in [6.07, 6.45) is 1.51. The summed E-state index contributed by atoms with van der Waals surface area (Å²) in [5.74, 6) is -0.551. The van der Waals surface area contributed by atoms with E-state index in [1.165, 1.54) is 18.3 Å². The molecule has 0 unspecified atom stereocenters. The fourth-order valence-electron chi connectivity index (χ4n) is 1.75. The second-order valence-electron chi connectivity index (χ2n) is 4.48. The molecule has 2 aromatic carbocycles. The highest BCUT2D eigenvalue weighted by atomic mass is 35.5. The van der Waals surface area contributed by atoms with Gasteiger partial charge in [-0.3, -0.25) is 14.9 Å². The van der Waals surface area contributed by atoms with Gasteiger partial charge < -0.3 is 0 Å². The van der Waals surface area contributed by atoms with Crippen LogP contribution in [-0.4, -0.2) is 17.0 Å². The van der Waals surface area contributed by atoms with Crippen LogP contribution in [0.25, 0.3) is 0 Å². The molecule has 1 N–H and O–H groups in total. The molecule has 2 rings (SSSR count). The summed E-state index contributed by atoms with van der Waals surface area (Å²) in [7, 11) is 0. The maximum Gasteiger partial charge on any atom is 0.288 e. The fraction of sp³-hybridized carbons (Fsp3) is 0.0667. The van der Waals surface area contributed by atoms with Gasteiger partial charge in [0.05, 0.1) is 11.1 Å². The van der Waals surface area contributed by atoms with Crippen LogP contribution in [0.2, 0.25) is 5.02 Å². The number of hydrogen-bond donors (Lipinski definition) is 1. The smallest absolute Gasteiger partial charge is 0.267 e. The van der Waals surface area contributed by atoms with Crippen molar-refractivity contribution in [2.75, 3.05) is 0 Å². The first-order valence-corrected chi connectivity index (χ1v) is 6.70. The Labute approximate surface area is 131 Å². The van der Waals surface area contributed by atoms with E-state index in [1.807, 2.05) is 31.2 Å². The zero-order chi connectivity index (χ0) is 16.1. The summed E-state index contributed by atoms with van der Waals surface area (Å²) >= 11 is 5.69. The summed E-state index contributed by atoms with van der Waals surface area (Å²) in [5.41, 5.74) is 3.99. The Balaban J connectivity index is 2.12. The van der Waals surface area contributed by atoms with Gasteiger partial charge in [0.25, 0.3) is 11.6 Å². The zero-order valence-corrected chi connectivity index (χ0v) is 12.4. The van der Waals surface area contributed by atoms with Gasteiger partial charge in [-0.15, -0.1) is 0 Å². The third kappa shape index (κ3) is 3.67. The molecule has 0 saturated carbocycles. The monoisotopic (exact) mass is 317 g/mol. The Morgan fingerprint density at radius 3 is 2.73 bits per heavy atom. The number of halogens is 1. The number of carbonyl (C=O) groups excluding carboxylic acids is 1. The van der Waals surface area contributed by atoms with Crippen molar-refractivity contribution in [3.05, 3.63) is 74.3 Å². The van der Waals surface area contributed by atoms with Crippen LogP contribution in [0.5, 0.6) is 0 Å². The molecule has 112 valence electrons. The summed E-state index contributed by atoms with van der Waals surface area (Å²) in [5, 5.41) is 14.6. The van der Waals surface area contributed by atoms with Crippen LogP contribution >= 0.6 is 11.6 Å². The minimum absolute atomic E-state index is 0.0232. The molecule has 1 amide bonds. The van der Waals surface area contributed by atoms with E-state index in [0.29, 0.717) is 0 Å². The molecule has 0 saturated heterocycles. The predicted octanol–water partition coefficient (Wildman–Crippen LogP) is 3.32. The lowest BCUT2D eigenvalue weighted by molar-refractivity contribution is -0.384. The summed E-state index contributed by atoms with van der Waals surface area (Å²) in [4.78, 5) is 22.1. The average Bonchev–Trinajstić information content (AvgIpc) is 2.49. The van der Waals surface area contributed by atoms with Crippen LogP contribution in [0.1, 0.15) is 21.5 Å². The highest BCUT2D eigenvalue weighted by Gasteiger charge is 2.15. The number of carbonyl (C=O) groups is 1. The van der Waals surface area contributed by atoms with Gasteiger partial charge in [-0.2, -0.15) is 5.10 Å². The van der Waals surface area contributed by atoms with Crippen molar-refractivity contribution in [1.82, 2.24) is 5.43 Å². The highest BCUT2D eigenvalue weighted by molar-refractivity contribution is 6.32. The first-order valence-electron chi connectivity index (χ1n) is 6.32. The third-order valence-corrected chi connectivity index (χ3v) is 3.28. The van der Waals surface area contributed by atoms with E-state index in [2.05, 4.69) is 10.5 Å². The van der Waals surface area contributed by atoms with Crippen LogP contribution in [-0.2, 0) is 0 Å². The molecule has 0 fully saturated rings. The Hall–Kier alpha value is -2.73. The Morgan fingerprint density at radius 2 is 2.05 bits per heavy atom. The molecule has 2 aromatic rings. The molecule has 0 aliphatic heterocycles. The van der Waals surface area contributed by atoms with Crippen molar-refractivity contribution in [1.29, 1.82) is 0 Å². The lowest BCUT2D eigenvalue weighted by Crippen LogP contribution is -2.17. The van der Waals surface area contributed by atoms with E-state index in [-0.39, 0.29) is 16.3 Å². The topological polar surface area (TPSA) is 84.6 Å². The first-order chi connectivity index (χ1) is 10.5. The SMILES string of the molecule is Cc1ccccc1/C=N/NC(=O)c1ccc(Cl)c([N+](=O)[O-])c1. The Kier molecular flexibility index (Phi) is 4.85. The summed E-state index contributed by atoms with van der Waals surface area (Å²) in [6, 6.07) is 11.4. The molecule has 0 spiro atoms. The van der Waals surface area contributed by atoms with Crippen LogP contribution in [0.3, 0.4) is 0 Å². The lowest BCUT2D eigenvalue weighted by Gasteiger charge is -2.02. The van der Waals surface area contributed by atoms with Crippen LogP contribution < -0.4 is 5.43 Å². The van der Waals surface area contributed by atoms with E-state index < -0.39 is 10.8 Å². The molecule has 0 aliphatic carbocycles. The largest absolute Gasteiger partial charge is 0.288 e. The van der Waals surface area contributed by atoms with Crippen LogP contribution in [0, 0.1) is 17.0 Å². The van der Waals surface area contributed by atoms with Gasteiger partial charge in [-0.05, 0) is 30.2 Å². The van der Waals surface area contributed by atoms with Crippen LogP contribution in [0.15, 0.2) is 47.6 Å². The van der Waals surface area contributed by atoms with E-state index in [4.69, 9.17) is 11.6 Å². The van der Waals surface area contributed by atoms with Crippen molar-refractivity contribution >= 4 is 29.4 Å². The molecule has 0 radical (unpaired) electrons. The number of rotatable bonds is 4. The minimum atomic E-state index is -0.643. The van der Waals surface area contributed by atoms with Gasteiger partial charge in [0.2, 0.25) is 0 Å². The summed E-state index contributed by atoms with van der Waals surface area (Å²) < 4.78 is 0. The predicted molar refractivity (Wildman–Crippen MR) is 84.3 cm³/mol. The van der Waals surface area contributed by atoms with Gasteiger partial charge in [0.15, 0.2) is 0 Å². The quantitative estimate of drug-likeness (QED) is 0.533. The maximum absolute atomic E-state index is 11.9. The molecule has 0 aromatic heterocycles. The van der Waals surface area contributed by atoms with Crippen molar-refractivity contribution in [3.8, 4) is 0 Å². The number of nitrogens with one attached hydrogen (secondary N) is 1. The molecule has 0 bridgehead atoms. The van der Waals surface area contributed by atoms with E-state index in [9.17, 15) is 14.9 Å². The molecular weight excluding hydrogens is 306 g/mol. The molecule has 6 nitrogen and oxygen atoms in total. The summed E-state index contributed by atoms with van der Waals surface area (Å²) in [6.45, 7) is 1.92. The van der Waals surface area contributed by atoms with Crippen molar-refractivity contribution in [3.63, 3.8) is 0 Å². The zero-order valence-electron chi connectivity index (χ0n) is 11.6. The van der Waals surface area contributed by atoms with Gasteiger partial charge in [0.1, 0.15) is 5.02 Å². The standard InChI is InChI=1S/C15H12ClN3O3/c1-10-4-2-3-5-12(10)9-17-18-15(20)11-6-7-13(16)14(8-11)19(21)22/h2-9H,1H3,(H,18,20)/b17-9+. The fourth-order valence-corrected chi connectivity index (χ4v) is 1.94. The number of nitro groups is 1. The molecular formula is C15H12ClN3O3. The Morgan fingerprint density at radius 1 is 1.32 bits per heavy atom. The number of amides is 1. The second-order valence-corrected chi connectivity index (χ2v) is 4.89. The normalized spacial score (nSPS) is 10.6. The average molecular weight is 318 g/mol. The molecule has 0 heterocycles. The molecule has 0 atom stereocenters. The van der Waals surface area contributed by atoms with E-state index in [0.717, 1.165) is 17.2 Å². The maximum atomic E-state index is 11.9. The molecule has 0 aliphatic rings. The lowest BCUT2D eigenvalue weighted by atomic mass is 10.1. The van der Waals surface area contributed by atoms with Gasteiger partial charge in [-0.1, -0.05) is 35.9 Å². The van der Waals surface area contributed by atoms with E-state index in [1.54, 1.807) is 0 Å². The number of hydrazone groups is 1. The number of nitro benzene ring substituents is 1. The second kappa shape index (κ2) is 6.82. The Bertz CT molecular complexity index is 759.